The molecule has 9 heteroatoms. The van der Waals surface area contributed by atoms with Gasteiger partial charge in [-0.1, -0.05) is 51.1 Å². The van der Waals surface area contributed by atoms with Crippen molar-refractivity contribution < 1.29 is 9.59 Å². The standard InChI is InChI=1S/C34H38N6O3/c1-21-26(11-7-12-27(21)39-31(41)22-14-16-23(17-15-22)34(2,3)4)29-20-40(5)33(43)30(38-29)36-24-9-6-10-25(19-24)37-32(42)28-13-8-18-35-28/h6-7,9-12,14-17,19-20,28,35H,8,13,18H2,1-5H3,(H,36,38)(H,37,42)(H,39,41). The summed E-state index contributed by atoms with van der Waals surface area (Å²) < 4.78 is 1.48. The summed E-state index contributed by atoms with van der Waals surface area (Å²) in [5, 5.41) is 12.3. The van der Waals surface area contributed by atoms with E-state index in [1.807, 2.05) is 61.5 Å². The van der Waals surface area contributed by atoms with Gasteiger partial charge in [0.2, 0.25) is 5.91 Å². The molecular weight excluding hydrogens is 540 g/mol. The zero-order chi connectivity index (χ0) is 30.7. The molecule has 1 unspecified atom stereocenters. The molecule has 1 aromatic heterocycles. The molecule has 9 nitrogen and oxygen atoms in total. The van der Waals surface area contributed by atoms with Crippen molar-refractivity contribution in [2.45, 2.75) is 52.0 Å². The Morgan fingerprint density at radius 2 is 1.70 bits per heavy atom. The highest BCUT2D eigenvalue weighted by molar-refractivity contribution is 6.05. The minimum atomic E-state index is -0.297. The normalized spacial score (nSPS) is 14.8. The third-order valence-corrected chi connectivity index (χ3v) is 7.71. The van der Waals surface area contributed by atoms with E-state index in [0.29, 0.717) is 28.3 Å². The Morgan fingerprint density at radius 1 is 0.977 bits per heavy atom. The summed E-state index contributed by atoms with van der Waals surface area (Å²) in [5.41, 5.74) is 5.52. The summed E-state index contributed by atoms with van der Waals surface area (Å²) in [5.74, 6) is -0.129. The minimum Gasteiger partial charge on any atom is -0.336 e. The van der Waals surface area contributed by atoms with Crippen LogP contribution in [0.3, 0.4) is 0 Å². The van der Waals surface area contributed by atoms with Gasteiger partial charge in [0.15, 0.2) is 5.82 Å². The van der Waals surface area contributed by atoms with Crippen LogP contribution in [-0.4, -0.2) is 34.0 Å². The van der Waals surface area contributed by atoms with Crippen molar-refractivity contribution in [2.24, 2.45) is 7.05 Å². The number of aryl methyl sites for hydroxylation is 1. The summed E-state index contributed by atoms with van der Waals surface area (Å²) >= 11 is 0. The molecule has 222 valence electrons. The summed E-state index contributed by atoms with van der Waals surface area (Å²) in [4.78, 5) is 43.3. The van der Waals surface area contributed by atoms with Gasteiger partial charge < -0.3 is 25.8 Å². The Hall–Kier alpha value is -4.76. The predicted octanol–water partition coefficient (Wildman–Crippen LogP) is 5.74. The van der Waals surface area contributed by atoms with Gasteiger partial charge in [-0.05, 0) is 79.3 Å². The lowest BCUT2D eigenvalue weighted by Crippen LogP contribution is -2.35. The molecule has 0 bridgehead atoms. The van der Waals surface area contributed by atoms with Crippen molar-refractivity contribution in [3.63, 3.8) is 0 Å². The van der Waals surface area contributed by atoms with E-state index < -0.39 is 0 Å². The smallest absolute Gasteiger partial charge is 0.293 e. The van der Waals surface area contributed by atoms with Gasteiger partial charge in [0, 0.05) is 41.4 Å². The van der Waals surface area contributed by atoms with E-state index in [-0.39, 0.29) is 34.6 Å². The molecule has 43 heavy (non-hydrogen) atoms. The van der Waals surface area contributed by atoms with Gasteiger partial charge in [0.25, 0.3) is 11.5 Å². The fraction of sp³-hybridized carbons (Fsp3) is 0.294. The summed E-state index contributed by atoms with van der Waals surface area (Å²) in [7, 11) is 1.67. The first-order valence-electron chi connectivity index (χ1n) is 14.5. The second-order valence-corrected chi connectivity index (χ2v) is 12.0. The van der Waals surface area contributed by atoms with Crippen molar-refractivity contribution >= 4 is 34.7 Å². The molecule has 1 aliphatic rings. The number of hydrogen-bond acceptors (Lipinski definition) is 6. The SMILES string of the molecule is Cc1c(NC(=O)c2ccc(C(C)(C)C)cc2)cccc1-c1cn(C)c(=O)c(Nc2cccc(NC(=O)C3CCCN3)c2)n1. The molecule has 5 rings (SSSR count). The van der Waals surface area contributed by atoms with E-state index in [2.05, 4.69) is 47.0 Å². The van der Waals surface area contributed by atoms with Crippen LogP contribution in [0.25, 0.3) is 11.3 Å². The molecule has 1 saturated heterocycles. The van der Waals surface area contributed by atoms with Crippen LogP contribution in [0.4, 0.5) is 22.9 Å². The van der Waals surface area contributed by atoms with Crippen LogP contribution >= 0.6 is 0 Å². The Kier molecular flexibility index (Phi) is 8.45. The lowest BCUT2D eigenvalue weighted by Gasteiger charge is -2.19. The molecule has 1 atom stereocenters. The van der Waals surface area contributed by atoms with Crippen molar-refractivity contribution in [2.75, 3.05) is 22.5 Å². The average molecular weight is 579 g/mol. The molecule has 0 aliphatic carbocycles. The molecule has 0 radical (unpaired) electrons. The maximum Gasteiger partial charge on any atom is 0.293 e. The summed E-state index contributed by atoms with van der Waals surface area (Å²) in [6.45, 7) is 9.16. The second-order valence-electron chi connectivity index (χ2n) is 12.0. The van der Waals surface area contributed by atoms with Gasteiger partial charge in [-0.25, -0.2) is 4.98 Å². The van der Waals surface area contributed by atoms with Crippen LogP contribution in [0.5, 0.6) is 0 Å². The molecule has 2 amide bonds. The van der Waals surface area contributed by atoms with Crippen LogP contribution in [0, 0.1) is 6.92 Å². The Morgan fingerprint density at radius 3 is 2.40 bits per heavy atom. The molecule has 1 aliphatic heterocycles. The molecule has 4 aromatic rings. The number of aromatic nitrogens is 2. The number of benzene rings is 3. The van der Waals surface area contributed by atoms with Gasteiger partial charge in [0.05, 0.1) is 11.7 Å². The predicted molar refractivity (Wildman–Crippen MR) is 172 cm³/mol. The number of amides is 2. The van der Waals surface area contributed by atoms with Gasteiger partial charge in [-0.2, -0.15) is 0 Å². The maximum atomic E-state index is 13.1. The van der Waals surface area contributed by atoms with Crippen LogP contribution < -0.4 is 26.8 Å². The van der Waals surface area contributed by atoms with Crippen molar-refractivity contribution in [3.8, 4) is 11.3 Å². The Labute approximate surface area is 251 Å². The summed E-state index contributed by atoms with van der Waals surface area (Å²) in [6.07, 6.45) is 3.47. The first-order chi connectivity index (χ1) is 20.5. The number of nitrogens with zero attached hydrogens (tertiary/aromatic N) is 2. The quantitative estimate of drug-likeness (QED) is 0.222. The van der Waals surface area contributed by atoms with E-state index in [4.69, 9.17) is 0 Å². The largest absolute Gasteiger partial charge is 0.336 e. The first-order valence-corrected chi connectivity index (χ1v) is 14.5. The molecule has 3 aromatic carbocycles. The van der Waals surface area contributed by atoms with Gasteiger partial charge in [0.1, 0.15) is 0 Å². The molecular formula is C34H38N6O3. The Bertz CT molecular complexity index is 1710. The third-order valence-electron chi connectivity index (χ3n) is 7.71. The van der Waals surface area contributed by atoms with E-state index >= 15 is 0 Å². The summed E-state index contributed by atoms with van der Waals surface area (Å²) in [6, 6.07) is 20.3. The monoisotopic (exact) mass is 578 g/mol. The molecule has 4 N–H and O–H groups in total. The lowest BCUT2D eigenvalue weighted by molar-refractivity contribution is -0.117. The molecule has 2 heterocycles. The van der Waals surface area contributed by atoms with Gasteiger partial charge in [-0.3, -0.25) is 14.4 Å². The van der Waals surface area contributed by atoms with Crippen molar-refractivity contribution in [1.82, 2.24) is 14.9 Å². The second kappa shape index (κ2) is 12.2. The number of carbonyl (C=O) groups is 2. The highest BCUT2D eigenvalue weighted by Crippen LogP contribution is 2.29. The minimum absolute atomic E-state index is 0.00185. The number of hydrogen-bond donors (Lipinski definition) is 4. The van der Waals surface area contributed by atoms with Gasteiger partial charge in [-0.15, -0.1) is 0 Å². The zero-order valence-electron chi connectivity index (χ0n) is 25.2. The third kappa shape index (κ3) is 6.84. The number of nitrogens with one attached hydrogen (secondary N) is 4. The van der Waals surface area contributed by atoms with E-state index in [9.17, 15) is 14.4 Å². The Balaban J connectivity index is 1.37. The van der Waals surface area contributed by atoms with Crippen LogP contribution in [0.15, 0.2) is 77.7 Å². The van der Waals surface area contributed by atoms with Crippen molar-refractivity contribution in [3.05, 3.63) is 100.0 Å². The van der Waals surface area contributed by atoms with Gasteiger partial charge >= 0.3 is 0 Å². The van der Waals surface area contributed by atoms with Crippen molar-refractivity contribution in [1.29, 1.82) is 0 Å². The number of rotatable bonds is 7. The van der Waals surface area contributed by atoms with E-state index in [0.717, 1.165) is 36.1 Å². The molecule has 1 fully saturated rings. The molecule has 0 saturated carbocycles. The van der Waals surface area contributed by atoms with Crippen LogP contribution in [-0.2, 0) is 17.3 Å². The maximum absolute atomic E-state index is 13.1. The first kappa shape index (κ1) is 29.7. The zero-order valence-corrected chi connectivity index (χ0v) is 25.2. The van der Waals surface area contributed by atoms with Crippen LogP contribution in [0.2, 0.25) is 0 Å². The highest BCUT2D eigenvalue weighted by Gasteiger charge is 2.22. The van der Waals surface area contributed by atoms with Crippen LogP contribution in [0.1, 0.15) is 55.1 Å². The lowest BCUT2D eigenvalue weighted by atomic mass is 9.86. The molecule has 0 spiro atoms. The topological polar surface area (TPSA) is 117 Å². The number of carbonyl (C=O) groups excluding carboxylic acids is 2. The van der Waals surface area contributed by atoms with E-state index in [1.165, 1.54) is 4.57 Å². The average Bonchev–Trinajstić information content (AvgIpc) is 3.52. The number of anilines is 4. The van der Waals surface area contributed by atoms with E-state index in [1.54, 1.807) is 25.4 Å². The fourth-order valence-electron chi connectivity index (χ4n) is 5.13. The highest BCUT2D eigenvalue weighted by atomic mass is 16.2. The fourth-order valence-corrected chi connectivity index (χ4v) is 5.13.